The van der Waals surface area contributed by atoms with Crippen LogP contribution in [0.2, 0.25) is 0 Å². The Balaban J connectivity index is 4.79. The molecular formula is C73H152N2O7+2. The van der Waals surface area contributed by atoms with Gasteiger partial charge in [-0.3, -0.25) is 0 Å². The van der Waals surface area contributed by atoms with Crippen LogP contribution in [-0.4, -0.2) is 153 Å². The van der Waals surface area contributed by atoms with E-state index in [4.69, 9.17) is 28.4 Å². The molecule has 0 heterocycles. The Morgan fingerprint density at radius 1 is 0.244 bits per heavy atom. The first-order valence-electron chi connectivity index (χ1n) is 36.9. The van der Waals surface area contributed by atoms with E-state index in [-0.39, 0.29) is 25.4 Å². The van der Waals surface area contributed by atoms with E-state index in [1.54, 1.807) is 0 Å². The van der Waals surface area contributed by atoms with E-state index in [9.17, 15) is 5.11 Å². The fourth-order valence-electron chi connectivity index (χ4n) is 11.6. The van der Waals surface area contributed by atoms with Crippen LogP contribution in [0.15, 0.2) is 0 Å². The zero-order chi connectivity index (χ0) is 59.8. The quantitative estimate of drug-likeness (QED) is 0.0480. The van der Waals surface area contributed by atoms with Crippen LogP contribution in [0.4, 0.5) is 0 Å². The number of hydrogen-bond acceptors (Lipinski definition) is 7. The first kappa shape index (κ1) is 81.6. The van der Waals surface area contributed by atoms with Crippen molar-refractivity contribution in [2.75, 3.05) is 120 Å². The van der Waals surface area contributed by atoms with Crippen LogP contribution in [0.3, 0.4) is 0 Å². The van der Waals surface area contributed by atoms with Crippen LogP contribution in [0, 0.1) is 0 Å². The molecule has 1 N–H and O–H groups in total. The number of aliphatic hydroxyl groups is 1. The van der Waals surface area contributed by atoms with E-state index in [0.29, 0.717) is 26.4 Å². The van der Waals surface area contributed by atoms with Gasteiger partial charge in [0.15, 0.2) is 0 Å². The van der Waals surface area contributed by atoms with Gasteiger partial charge >= 0.3 is 0 Å². The van der Waals surface area contributed by atoms with Crippen molar-refractivity contribution in [3.63, 3.8) is 0 Å². The molecule has 494 valence electrons. The second-order valence-corrected chi connectivity index (χ2v) is 27.2. The second-order valence-electron chi connectivity index (χ2n) is 27.2. The predicted octanol–water partition coefficient (Wildman–Crippen LogP) is 20.1. The average molecular weight is 1170 g/mol. The summed E-state index contributed by atoms with van der Waals surface area (Å²) in [4.78, 5) is 0. The highest BCUT2D eigenvalue weighted by atomic mass is 16.5. The van der Waals surface area contributed by atoms with Crippen molar-refractivity contribution in [2.45, 2.75) is 354 Å². The first-order valence-corrected chi connectivity index (χ1v) is 36.9. The smallest absolute Gasteiger partial charge is 0.130 e. The highest BCUT2D eigenvalue weighted by molar-refractivity contribution is 4.61. The fourth-order valence-corrected chi connectivity index (χ4v) is 11.6. The summed E-state index contributed by atoms with van der Waals surface area (Å²) in [5.41, 5.74) is 0. The molecule has 0 aliphatic rings. The van der Waals surface area contributed by atoms with Crippen molar-refractivity contribution >= 4 is 0 Å². The van der Waals surface area contributed by atoms with Crippen LogP contribution in [0.25, 0.3) is 0 Å². The Labute approximate surface area is 514 Å². The maximum absolute atomic E-state index is 10.9. The zero-order valence-electron chi connectivity index (χ0n) is 57.4. The van der Waals surface area contributed by atoms with Crippen LogP contribution in [-0.2, 0) is 28.4 Å². The normalized spacial score (nSPS) is 13.1. The van der Waals surface area contributed by atoms with E-state index < -0.39 is 6.10 Å². The maximum Gasteiger partial charge on any atom is 0.130 e. The Hall–Kier alpha value is -0.360. The molecule has 9 heteroatoms. The minimum Gasteiger partial charge on any atom is -0.388 e. The molecule has 0 aromatic heterocycles. The highest BCUT2D eigenvalue weighted by Gasteiger charge is 2.25. The van der Waals surface area contributed by atoms with Crippen LogP contribution in [0.1, 0.15) is 336 Å². The third kappa shape index (κ3) is 64.1. The second kappa shape index (κ2) is 65.1. The number of nitrogens with zero attached hydrogens (tertiary/aromatic N) is 2. The Morgan fingerprint density at radius 3 is 0.671 bits per heavy atom. The van der Waals surface area contributed by atoms with Gasteiger partial charge in [0.1, 0.15) is 44.5 Å². The summed E-state index contributed by atoms with van der Waals surface area (Å²) in [6.07, 6.45) is 64.5. The minimum absolute atomic E-state index is 0.0688. The van der Waals surface area contributed by atoms with E-state index in [0.717, 1.165) is 87.3 Å². The monoisotopic (exact) mass is 1170 g/mol. The number of hydrogen-bond donors (Lipinski definition) is 1. The van der Waals surface area contributed by atoms with Crippen molar-refractivity contribution in [1.82, 2.24) is 0 Å². The molecule has 0 amide bonds. The SMILES string of the molecule is CCCCCCCCCCCCCCOC[C@@H](C[N+](C)(C)CCOCC(O)COCC[N+](C)(C)C[C@H](COCCCCCCCCCCCCCC)OCCCCCCCCCCCCCC)OCCCCCCCCCCCCCC. The topological polar surface area (TPSA) is 75.6 Å². The molecule has 0 aromatic carbocycles. The molecule has 0 bridgehead atoms. The van der Waals surface area contributed by atoms with Crippen molar-refractivity contribution in [1.29, 1.82) is 0 Å². The number of unbranched alkanes of at least 4 members (excludes halogenated alkanes) is 44. The van der Waals surface area contributed by atoms with Crippen LogP contribution < -0.4 is 0 Å². The largest absolute Gasteiger partial charge is 0.388 e. The molecule has 0 aromatic rings. The van der Waals surface area contributed by atoms with Gasteiger partial charge in [0.25, 0.3) is 0 Å². The summed E-state index contributed by atoms with van der Waals surface area (Å²) in [7, 11) is 9.09. The van der Waals surface area contributed by atoms with Gasteiger partial charge in [-0.05, 0) is 25.7 Å². The van der Waals surface area contributed by atoms with Crippen LogP contribution >= 0.6 is 0 Å². The lowest BCUT2D eigenvalue weighted by Gasteiger charge is -2.33. The molecule has 9 nitrogen and oxygen atoms in total. The number of ether oxygens (including phenoxy) is 6. The van der Waals surface area contributed by atoms with Gasteiger partial charge in [0.05, 0.1) is 67.8 Å². The fraction of sp³-hybridized carbons (Fsp3) is 1.00. The average Bonchev–Trinajstić information content (AvgIpc) is 3.46. The molecule has 0 aliphatic heterocycles. The molecule has 0 saturated heterocycles. The molecule has 2 atom stereocenters. The van der Waals surface area contributed by atoms with E-state index in [2.05, 4.69) is 55.9 Å². The van der Waals surface area contributed by atoms with Gasteiger partial charge in [-0.2, -0.15) is 0 Å². The Morgan fingerprint density at radius 2 is 0.439 bits per heavy atom. The molecule has 0 saturated carbocycles. The maximum atomic E-state index is 10.9. The van der Waals surface area contributed by atoms with E-state index in [1.165, 1.54) is 283 Å². The first-order chi connectivity index (χ1) is 40.1. The molecular weight excluding hydrogens is 1020 g/mol. The lowest BCUT2D eigenvalue weighted by Crippen LogP contribution is -2.49. The molecule has 0 radical (unpaired) electrons. The standard InChI is InChI=1S/C73H152N2O7/c1-9-13-17-21-25-29-33-37-41-45-49-53-59-77-69-72(81-61-55-51-47-43-39-35-31-27-23-19-15-11-3)65-74(5,6)57-63-79-67-71(76)68-80-64-58-75(7,8)66-73(82-62-56-52-48-44-40-36-32-28-24-20-16-12-4)70-78-60-54-50-46-42-38-34-30-26-22-18-14-10-2/h71-73,76H,9-70H2,1-8H3/q+2/t72-,73-/m1/s1. The van der Waals surface area contributed by atoms with Crippen molar-refractivity contribution in [3.8, 4) is 0 Å². The summed E-state index contributed by atoms with van der Waals surface area (Å²) in [5.74, 6) is 0. The third-order valence-electron chi connectivity index (χ3n) is 17.3. The van der Waals surface area contributed by atoms with Crippen LogP contribution in [0.5, 0.6) is 0 Å². The minimum atomic E-state index is -0.646. The van der Waals surface area contributed by atoms with Crippen molar-refractivity contribution in [2.24, 2.45) is 0 Å². The number of quaternary nitrogens is 2. The molecule has 82 heavy (non-hydrogen) atoms. The molecule has 0 rings (SSSR count). The predicted molar refractivity (Wildman–Crippen MR) is 357 cm³/mol. The number of rotatable bonds is 72. The van der Waals surface area contributed by atoms with Crippen molar-refractivity contribution < 1.29 is 42.5 Å². The number of aliphatic hydroxyl groups excluding tert-OH is 1. The zero-order valence-corrected chi connectivity index (χ0v) is 57.4. The summed E-state index contributed by atoms with van der Waals surface area (Å²) in [5, 5.41) is 10.9. The summed E-state index contributed by atoms with van der Waals surface area (Å²) >= 11 is 0. The van der Waals surface area contributed by atoms with Gasteiger partial charge in [0, 0.05) is 26.4 Å². The summed E-state index contributed by atoms with van der Waals surface area (Å²) < 4.78 is 39.5. The van der Waals surface area contributed by atoms with E-state index in [1.807, 2.05) is 0 Å². The lowest BCUT2D eigenvalue weighted by atomic mass is 10.1. The lowest BCUT2D eigenvalue weighted by molar-refractivity contribution is -0.894. The summed E-state index contributed by atoms with van der Waals surface area (Å²) in [6.45, 7) is 19.0. The third-order valence-corrected chi connectivity index (χ3v) is 17.3. The van der Waals surface area contributed by atoms with Gasteiger partial charge in [-0.25, -0.2) is 0 Å². The number of likely N-dealkylation sites (N-methyl/N-ethyl adjacent to an activating group) is 2. The molecule has 0 unspecified atom stereocenters. The highest BCUT2D eigenvalue weighted by Crippen LogP contribution is 2.18. The molecule has 0 aliphatic carbocycles. The van der Waals surface area contributed by atoms with Crippen molar-refractivity contribution in [3.05, 3.63) is 0 Å². The van der Waals surface area contributed by atoms with Gasteiger partial charge in [-0.1, -0.05) is 310 Å². The van der Waals surface area contributed by atoms with Gasteiger partial charge in [-0.15, -0.1) is 0 Å². The molecule has 0 fully saturated rings. The van der Waals surface area contributed by atoms with E-state index >= 15 is 0 Å². The Kier molecular flexibility index (Phi) is 64.8. The van der Waals surface area contributed by atoms with Gasteiger partial charge in [0.2, 0.25) is 0 Å². The van der Waals surface area contributed by atoms with Gasteiger partial charge < -0.3 is 42.5 Å². The summed E-state index contributed by atoms with van der Waals surface area (Å²) in [6, 6.07) is 0. The molecule has 0 spiro atoms. The Bertz CT molecular complexity index is 1100.